The molecule has 0 aromatic carbocycles. The van der Waals surface area contributed by atoms with E-state index >= 15 is 0 Å². The molecule has 7 heteroatoms. The van der Waals surface area contributed by atoms with Gasteiger partial charge in [-0.1, -0.05) is 0 Å². The Hall–Kier alpha value is -1.50. The number of halogens is 1. The average Bonchev–Trinajstić information content (AvgIpc) is 2.16. The van der Waals surface area contributed by atoms with Crippen LogP contribution in [0.4, 0.5) is 5.82 Å². The summed E-state index contributed by atoms with van der Waals surface area (Å²) in [5, 5.41) is 10.5. The van der Waals surface area contributed by atoms with Gasteiger partial charge in [0.05, 0.1) is 10.0 Å². The van der Waals surface area contributed by atoms with Gasteiger partial charge in [0.25, 0.3) is 5.91 Å². The fourth-order valence-corrected chi connectivity index (χ4v) is 1.32. The lowest BCUT2D eigenvalue weighted by Gasteiger charge is -2.10. The lowest BCUT2D eigenvalue weighted by molar-refractivity contribution is -0.389. The largest absolute Gasteiger partial charge is 0.364 e. The molecular weight excluding hydrogens is 266 g/mol. The zero-order chi connectivity index (χ0) is 11.6. The van der Waals surface area contributed by atoms with E-state index in [0.29, 0.717) is 4.47 Å². The van der Waals surface area contributed by atoms with Crippen LogP contribution in [-0.4, -0.2) is 34.8 Å². The maximum absolute atomic E-state index is 11.6. The van der Waals surface area contributed by atoms with E-state index < -0.39 is 4.92 Å². The highest BCUT2D eigenvalue weighted by Crippen LogP contribution is 2.20. The quantitative estimate of drug-likeness (QED) is 0.604. The van der Waals surface area contributed by atoms with E-state index in [9.17, 15) is 14.9 Å². The molecule has 1 rings (SSSR count). The van der Waals surface area contributed by atoms with Crippen molar-refractivity contribution in [2.24, 2.45) is 0 Å². The molecule has 1 aromatic rings. The number of pyridine rings is 1. The molecule has 0 saturated heterocycles. The smallest absolute Gasteiger partial charge is 0.358 e. The number of nitrogens with zero attached hydrogens (tertiary/aromatic N) is 3. The predicted molar refractivity (Wildman–Crippen MR) is 56.6 cm³/mol. The van der Waals surface area contributed by atoms with Gasteiger partial charge >= 0.3 is 5.82 Å². The van der Waals surface area contributed by atoms with E-state index in [2.05, 4.69) is 20.9 Å². The van der Waals surface area contributed by atoms with Crippen molar-refractivity contribution in [3.8, 4) is 0 Å². The van der Waals surface area contributed by atoms with Crippen LogP contribution in [0.25, 0.3) is 0 Å². The molecule has 15 heavy (non-hydrogen) atoms. The summed E-state index contributed by atoms with van der Waals surface area (Å²) < 4.78 is 0.437. The van der Waals surface area contributed by atoms with Crippen molar-refractivity contribution < 1.29 is 9.72 Å². The molecule has 0 bridgehead atoms. The van der Waals surface area contributed by atoms with Crippen molar-refractivity contribution in [1.29, 1.82) is 0 Å². The second-order valence-electron chi connectivity index (χ2n) is 2.98. The maximum atomic E-state index is 11.6. The van der Waals surface area contributed by atoms with Crippen molar-refractivity contribution >= 4 is 27.7 Å². The second-order valence-corrected chi connectivity index (χ2v) is 3.83. The van der Waals surface area contributed by atoms with Crippen LogP contribution < -0.4 is 0 Å². The fourth-order valence-electron chi connectivity index (χ4n) is 0.932. The number of aromatic nitrogens is 1. The molecular formula is C8H8BrN3O3. The van der Waals surface area contributed by atoms with E-state index in [0.717, 1.165) is 6.07 Å². The SMILES string of the molecule is CN(C)C(=O)c1cc([N+](=O)[O-])ncc1Br. The summed E-state index contributed by atoms with van der Waals surface area (Å²) in [5.41, 5.74) is 0.224. The number of carbonyl (C=O) groups excluding carboxylic acids is 1. The molecule has 0 fully saturated rings. The summed E-state index contributed by atoms with van der Waals surface area (Å²) >= 11 is 3.12. The highest BCUT2D eigenvalue weighted by atomic mass is 79.9. The summed E-state index contributed by atoms with van der Waals surface area (Å²) in [4.78, 5) is 26.3. The fraction of sp³-hybridized carbons (Fsp3) is 0.250. The summed E-state index contributed by atoms with van der Waals surface area (Å²) in [7, 11) is 3.14. The van der Waals surface area contributed by atoms with Gasteiger partial charge in [0.2, 0.25) is 0 Å². The van der Waals surface area contributed by atoms with Crippen LogP contribution >= 0.6 is 15.9 Å². The molecule has 80 valence electrons. The van der Waals surface area contributed by atoms with Gasteiger partial charge in [-0.3, -0.25) is 4.79 Å². The zero-order valence-electron chi connectivity index (χ0n) is 8.10. The molecule has 0 aliphatic heterocycles. The molecule has 0 radical (unpaired) electrons. The van der Waals surface area contributed by atoms with Gasteiger partial charge in [-0.2, -0.15) is 0 Å². The Morgan fingerprint density at radius 1 is 1.60 bits per heavy atom. The molecule has 0 saturated carbocycles. The first-order chi connectivity index (χ1) is 6.93. The van der Waals surface area contributed by atoms with Gasteiger partial charge in [0, 0.05) is 20.2 Å². The van der Waals surface area contributed by atoms with Crippen LogP contribution in [0.1, 0.15) is 10.4 Å². The minimum Gasteiger partial charge on any atom is -0.358 e. The van der Waals surface area contributed by atoms with Crippen molar-refractivity contribution in [3.63, 3.8) is 0 Å². The third kappa shape index (κ3) is 2.50. The molecule has 0 unspecified atom stereocenters. The molecule has 6 nitrogen and oxygen atoms in total. The van der Waals surface area contributed by atoms with Crippen LogP contribution in [0.3, 0.4) is 0 Å². The first kappa shape index (κ1) is 11.6. The number of rotatable bonds is 2. The van der Waals surface area contributed by atoms with Gasteiger partial charge in [-0.25, -0.2) is 0 Å². The Morgan fingerprint density at radius 3 is 2.67 bits per heavy atom. The monoisotopic (exact) mass is 273 g/mol. The Bertz CT molecular complexity index is 420. The number of hydrogen-bond donors (Lipinski definition) is 0. The van der Waals surface area contributed by atoms with E-state index in [1.807, 2.05) is 0 Å². The standard InChI is InChI=1S/C8H8BrN3O3/c1-11(2)8(13)5-3-7(12(14)15)10-4-6(5)9/h3-4H,1-2H3. The number of hydrogen-bond acceptors (Lipinski definition) is 4. The predicted octanol–water partition coefficient (Wildman–Crippen LogP) is 1.45. The minimum absolute atomic E-state index is 0.224. The Kier molecular flexibility index (Phi) is 3.35. The molecule has 1 amide bonds. The van der Waals surface area contributed by atoms with E-state index in [1.165, 1.54) is 11.1 Å². The molecule has 0 spiro atoms. The summed E-state index contributed by atoms with van der Waals surface area (Å²) in [6.45, 7) is 0. The van der Waals surface area contributed by atoms with E-state index in [-0.39, 0.29) is 17.3 Å². The Morgan fingerprint density at radius 2 is 2.20 bits per heavy atom. The Labute approximate surface area is 94.2 Å². The number of nitro groups is 1. The molecule has 0 aliphatic carbocycles. The van der Waals surface area contributed by atoms with Gasteiger partial charge < -0.3 is 15.0 Å². The molecule has 0 aliphatic rings. The number of carbonyl (C=O) groups is 1. The maximum Gasteiger partial charge on any atom is 0.364 e. The topological polar surface area (TPSA) is 76.3 Å². The van der Waals surface area contributed by atoms with Gasteiger partial charge in [0.1, 0.15) is 0 Å². The average molecular weight is 274 g/mol. The van der Waals surface area contributed by atoms with Crippen LogP contribution in [0, 0.1) is 10.1 Å². The van der Waals surface area contributed by atoms with Gasteiger partial charge in [-0.05, 0) is 25.8 Å². The lowest BCUT2D eigenvalue weighted by Crippen LogP contribution is -2.22. The third-order valence-corrected chi connectivity index (χ3v) is 2.30. The number of amides is 1. The van der Waals surface area contributed by atoms with E-state index in [1.54, 1.807) is 14.1 Å². The van der Waals surface area contributed by atoms with Crippen LogP contribution in [0.2, 0.25) is 0 Å². The lowest BCUT2D eigenvalue weighted by atomic mass is 10.2. The van der Waals surface area contributed by atoms with Crippen molar-refractivity contribution in [1.82, 2.24) is 9.88 Å². The van der Waals surface area contributed by atoms with Gasteiger partial charge in [-0.15, -0.1) is 0 Å². The summed E-state index contributed by atoms with van der Waals surface area (Å²) in [5.74, 6) is -0.657. The molecule has 1 aromatic heterocycles. The minimum atomic E-state index is -0.640. The summed E-state index contributed by atoms with van der Waals surface area (Å²) in [6, 6.07) is 1.15. The first-order valence-corrected chi connectivity index (χ1v) is 4.74. The van der Waals surface area contributed by atoms with E-state index in [4.69, 9.17) is 0 Å². The molecule has 0 atom stereocenters. The normalized spacial score (nSPS) is 9.80. The first-order valence-electron chi connectivity index (χ1n) is 3.95. The van der Waals surface area contributed by atoms with Gasteiger partial charge in [0.15, 0.2) is 6.20 Å². The van der Waals surface area contributed by atoms with Crippen molar-refractivity contribution in [2.45, 2.75) is 0 Å². The molecule has 0 N–H and O–H groups in total. The van der Waals surface area contributed by atoms with Crippen molar-refractivity contribution in [2.75, 3.05) is 14.1 Å². The van der Waals surface area contributed by atoms with Crippen LogP contribution in [0.5, 0.6) is 0 Å². The zero-order valence-corrected chi connectivity index (χ0v) is 9.69. The highest BCUT2D eigenvalue weighted by molar-refractivity contribution is 9.10. The van der Waals surface area contributed by atoms with Crippen LogP contribution in [0.15, 0.2) is 16.7 Å². The van der Waals surface area contributed by atoms with Crippen LogP contribution in [-0.2, 0) is 0 Å². The van der Waals surface area contributed by atoms with Crippen molar-refractivity contribution in [3.05, 3.63) is 32.4 Å². The highest BCUT2D eigenvalue weighted by Gasteiger charge is 2.18. The Balaban J connectivity index is 3.22. The molecule has 1 heterocycles. The summed E-state index contributed by atoms with van der Waals surface area (Å²) in [6.07, 6.45) is 1.24. The third-order valence-electron chi connectivity index (χ3n) is 1.66. The second kappa shape index (κ2) is 4.35.